The van der Waals surface area contributed by atoms with Gasteiger partial charge in [0.05, 0.1) is 6.61 Å². The zero-order valence-electron chi connectivity index (χ0n) is 13.4. The lowest BCUT2D eigenvalue weighted by molar-refractivity contribution is 0.0402. The van der Waals surface area contributed by atoms with Gasteiger partial charge in [0.15, 0.2) is 0 Å². The molecule has 0 amide bonds. The molecule has 112 valence electrons. The van der Waals surface area contributed by atoms with Crippen LogP contribution >= 0.6 is 0 Å². The van der Waals surface area contributed by atoms with E-state index in [-0.39, 0.29) is 5.41 Å². The van der Waals surface area contributed by atoms with Crippen molar-refractivity contribution in [3.05, 3.63) is 35.4 Å². The second-order valence-electron chi connectivity index (χ2n) is 6.60. The van der Waals surface area contributed by atoms with Crippen molar-refractivity contribution >= 4 is 0 Å². The van der Waals surface area contributed by atoms with Gasteiger partial charge in [-0.2, -0.15) is 0 Å². The van der Waals surface area contributed by atoms with Crippen LogP contribution in [0.15, 0.2) is 24.3 Å². The van der Waals surface area contributed by atoms with Crippen molar-refractivity contribution in [1.82, 2.24) is 5.32 Å². The summed E-state index contributed by atoms with van der Waals surface area (Å²) in [6.07, 6.45) is 3.61. The van der Waals surface area contributed by atoms with Gasteiger partial charge in [0.2, 0.25) is 0 Å². The Morgan fingerprint density at radius 1 is 1.30 bits per heavy atom. The summed E-state index contributed by atoms with van der Waals surface area (Å²) in [5.41, 5.74) is 3.08. The molecule has 0 radical (unpaired) electrons. The summed E-state index contributed by atoms with van der Waals surface area (Å²) >= 11 is 0. The van der Waals surface area contributed by atoms with E-state index in [9.17, 15) is 0 Å². The summed E-state index contributed by atoms with van der Waals surface area (Å²) < 4.78 is 5.64. The van der Waals surface area contributed by atoms with Gasteiger partial charge in [0, 0.05) is 18.6 Å². The Balaban J connectivity index is 2.14. The molecule has 2 heteroatoms. The van der Waals surface area contributed by atoms with Crippen molar-refractivity contribution in [2.45, 2.75) is 51.5 Å². The van der Waals surface area contributed by atoms with E-state index in [0.717, 1.165) is 19.6 Å². The third-order valence-electron chi connectivity index (χ3n) is 4.91. The van der Waals surface area contributed by atoms with Crippen molar-refractivity contribution in [3.8, 4) is 0 Å². The molecule has 0 aromatic heterocycles. The van der Waals surface area contributed by atoms with Crippen molar-refractivity contribution < 1.29 is 4.74 Å². The van der Waals surface area contributed by atoms with Crippen molar-refractivity contribution in [2.75, 3.05) is 20.3 Å². The lowest BCUT2D eigenvalue weighted by Gasteiger charge is -2.31. The molecule has 1 saturated heterocycles. The van der Waals surface area contributed by atoms with Gasteiger partial charge in [0.1, 0.15) is 0 Å². The maximum absolute atomic E-state index is 5.64. The monoisotopic (exact) mass is 275 g/mol. The molecule has 0 saturated carbocycles. The minimum Gasteiger partial charge on any atom is -0.381 e. The molecule has 1 heterocycles. The molecule has 0 spiro atoms. The first-order valence-corrected chi connectivity index (χ1v) is 7.94. The van der Waals surface area contributed by atoms with E-state index in [1.165, 1.54) is 24.0 Å². The largest absolute Gasteiger partial charge is 0.381 e. The first-order valence-electron chi connectivity index (χ1n) is 7.94. The summed E-state index contributed by atoms with van der Waals surface area (Å²) in [6.45, 7) is 8.69. The third kappa shape index (κ3) is 3.42. The smallest absolute Gasteiger partial charge is 0.0512 e. The maximum Gasteiger partial charge on any atom is 0.0512 e. The first kappa shape index (κ1) is 15.5. The summed E-state index contributed by atoms with van der Waals surface area (Å²) in [6, 6.07) is 9.60. The van der Waals surface area contributed by atoms with Crippen LogP contribution in [0.3, 0.4) is 0 Å². The fraction of sp³-hybridized carbons (Fsp3) is 0.667. The molecule has 1 aliphatic rings. The highest BCUT2D eigenvalue weighted by Crippen LogP contribution is 2.31. The predicted octanol–water partition coefficient (Wildman–Crippen LogP) is 4.06. The van der Waals surface area contributed by atoms with Crippen LogP contribution in [-0.4, -0.2) is 20.3 Å². The number of rotatable bonds is 5. The fourth-order valence-corrected chi connectivity index (χ4v) is 3.05. The SMILES string of the molecule is CCC(C)(C)c1ccc(C(NC)C2CCCOC2)cc1. The summed E-state index contributed by atoms with van der Waals surface area (Å²) in [5, 5.41) is 3.48. The van der Waals surface area contributed by atoms with Gasteiger partial charge in [-0.25, -0.2) is 0 Å². The quantitative estimate of drug-likeness (QED) is 0.875. The summed E-state index contributed by atoms with van der Waals surface area (Å²) in [4.78, 5) is 0. The van der Waals surface area contributed by atoms with Crippen molar-refractivity contribution in [1.29, 1.82) is 0 Å². The molecule has 0 aliphatic carbocycles. The Bertz CT molecular complexity index is 404. The molecule has 1 aromatic rings. The Kier molecular flexibility index (Phi) is 5.22. The van der Waals surface area contributed by atoms with Crippen LogP contribution in [-0.2, 0) is 10.2 Å². The molecule has 2 atom stereocenters. The highest BCUT2D eigenvalue weighted by Gasteiger charge is 2.25. The Morgan fingerprint density at radius 3 is 2.50 bits per heavy atom. The average Bonchev–Trinajstić information content (AvgIpc) is 2.50. The zero-order chi connectivity index (χ0) is 14.6. The fourth-order valence-electron chi connectivity index (χ4n) is 3.05. The van der Waals surface area contributed by atoms with Crippen LogP contribution in [0.25, 0.3) is 0 Å². The van der Waals surface area contributed by atoms with Gasteiger partial charge >= 0.3 is 0 Å². The maximum atomic E-state index is 5.64. The molecular formula is C18H29NO. The zero-order valence-corrected chi connectivity index (χ0v) is 13.4. The first-order chi connectivity index (χ1) is 9.58. The van der Waals surface area contributed by atoms with Gasteiger partial charge in [-0.15, -0.1) is 0 Å². The van der Waals surface area contributed by atoms with Crippen LogP contribution in [0.4, 0.5) is 0 Å². The van der Waals surface area contributed by atoms with Gasteiger partial charge in [-0.3, -0.25) is 0 Å². The third-order valence-corrected chi connectivity index (χ3v) is 4.91. The van der Waals surface area contributed by atoms with Gasteiger partial charge in [0.25, 0.3) is 0 Å². The van der Waals surface area contributed by atoms with Gasteiger partial charge in [-0.1, -0.05) is 45.0 Å². The topological polar surface area (TPSA) is 21.3 Å². The van der Waals surface area contributed by atoms with E-state index in [0.29, 0.717) is 12.0 Å². The molecule has 2 unspecified atom stereocenters. The standard InChI is InChI=1S/C18H29NO/c1-5-18(2,3)16-10-8-14(9-11-16)17(19-4)15-7-6-12-20-13-15/h8-11,15,17,19H,5-7,12-13H2,1-4H3. The molecule has 2 nitrogen and oxygen atoms in total. The van der Waals surface area contributed by atoms with E-state index in [1.54, 1.807) is 0 Å². The highest BCUT2D eigenvalue weighted by molar-refractivity contribution is 5.30. The minimum absolute atomic E-state index is 0.265. The molecule has 1 fully saturated rings. The van der Waals surface area contributed by atoms with Crippen molar-refractivity contribution in [3.63, 3.8) is 0 Å². The number of nitrogens with one attached hydrogen (secondary N) is 1. The summed E-state index contributed by atoms with van der Waals surface area (Å²) in [5.74, 6) is 0.596. The Morgan fingerprint density at radius 2 is 2.00 bits per heavy atom. The second kappa shape index (κ2) is 6.73. The second-order valence-corrected chi connectivity index (χ2v) is 6.60. The molecule has 20 heavy (non-hydrogen) atoms. The Labute approximate surface area is 123 Å². The molecule has 1 aromatic carbocycles. The normalized spacial score (nSPS) is 21.7. The minimum atomic E-state index is 0.265. The van der Waals surface area contributed by atoms with Crippen LogP contribution in [0.5, 0.6) is 0 Å². The lowest BCUT2D eigenvalue weighted by atomic mass is 9.81. The van der Waals surface area contributed by atoms with E-state index in [2.05, 4.69) is 57.4 Å². The predicted molar refractivity (Wildman–Crippen MR) is 85.1 cm³/mol. The van der Waals surface area contributed by atoms with E-state index >= 15 is 0 Å². The van der Waals surface area contributed by atoms with Crippen LogP contribution in [0.2, 0.25) is 0 Å². The Hall–Kier alpha value is -0.860. The van der Waals surface area contributed by atoms with Gasteiger partial charge < -0.3 is 10.1 Å². The van der Waals surface area contributed by atoms with Crippen LogP contribution in [0.1, 0.15) is 57.2 Å². The van der Waals surface area contributed by atoms with E-state index < -0.39 is 0 Å². The van der Waals surface area contributed by atoms with E-state index in [4.69, 9.17) is 4.74 Å². The molecule has 2 rings (SSSR count). The number of hydrogen-bond donors (Lipinski definition) is 1. The lowest BCUT2D eigenvalue weighted by Crippen LogP contribution is -2.31. The molecular weight excluding hydrogens is 246 g/mol. The molecule has 1 N–H and O–H groups in total. The number of benzene rings is 1. The number of ether oxygens (including phenoxy) is 1. The number of hydrogen-bond acceptors (Lipinski definition) is 2. The van der Waals surface area contributed by atoms with Crippen LogP contribution < -0.4 is 5.32 Å². The van der Waals surface area contributed by atoms with Crippen molar-refractivity contribution in [2.24, 2.45) is 5.92 Å². The van der Waals surface area contributed by atoms with E-state index in [1.807, 2.05) is 0 Å². The van der Waals surface area contributed by atoms with Crippen LogP contribution in [0, 0.1) is 5.92 Å². The average molecular weight is 275 g/mol. The van der Waals surface area contributed by atoms with Gasteiger partial charge in [-0.05, 0) is 42.9 Å². The summed E-state index contributed by atoms with van der Waals surface area (Å²) in [7, 11) is 2.06. The highest BCUT2D eigenvalue weighted by atomic mass is 16.5. The molecule has 0 bridgehead atoms. The molecule has 1 aliphatic heterocycles.